The minimum atomic E-state index is -0.0657. The van der Waals surface area contributed by atoms with Gasteiger partial charge < -0.3 is 15.0 Å². The molecule has 1 rings (SSSR count). The molecule has 0 aliphatic carbocycles. The Morgan fingerprint density at radius 1 is 1.45 bits per heavy atom. The smallest absolute Gasteiger partial charge is 0.268 e. The van der Waals surface area contributed by atoms with Gasteiger partial charge in [0.05, 0.1) is 25.0 Å². The Balaban J connectivity index is 2.48. The zero-order valence-electron chi connectivity index (χ0n) is 12.8. The summed E-state index contributed by atoms with van der Waals surface area (Å²) in [6, 6.07) is 1.62. The minimum absolute atomic E-state index is 0.0657. The normalized spacial score (nSPS) is 10.8. The lowest BCUT2D eigenvalue weighted by molar-refractivity contribution is 0.206. The number of unbranched alkanes of at least 4 members (excludes halogenated alkanes) is 1. The van der Waals surface area contributed by atoms with E-state index in [4.69, 9.17) is 4.74 Å². The number of anilines is 1. The average Bonchev–Trinajstić information content (AvgIpc) is 2.46. The molecule has 0 amide bonds. The number of hydrogen-bond acceptors (Lipinski definition) is 5. The molecule has 6 heteroatoms. The molecule has 1 aromatic rings. The topological polar surface area (TPSA) is 59.4 Å². The molecule has 1 heterocycles. The first-order valence-electron chi connectivity index (χ1n) is 7.17. The predicted octanol–water partition coefficient (Wildman–Crippen LogP) is 0.716. The van der Waals surface area contributed by atoms with Crippen LogP contribution in [0.5, 0.6) is 0 Å². The van der Waals surface area contributed by atoms with Gasteiger partial charge in [-0.25, -0.2) is 4.68 Å². The molecule has 0 aliphatic rings. The Morgan fingerprint density at radius 2 is 2.25 bits per heavy atom. The summed E-state index contributed by atoms with van der Waals surface area (Å²) in [6.07, 6.45) is 4.06. The van der Waals surface area contributed by atoms with Gasteiger partial charge in [0.15, 0.2) is 0 Å². The van der Waals surface area contributed by atoms with Gasteiger partial charge in [0, 0.05) is 33.3 Å². The molecule has 1 aromatic heterocycles. The summed E-state index contributed by atoms with van der Waals surface area (Å²) >= 11 is 0. The number of ether oxygens (including phenoxy) is 1. The highest BCUT2D eigenvalue weighted by Gasteiger charge is 2.04. The van der Waals surface area contributed by atoms with Gasteiger partial charge in [-0.1, -0.05) is 13.3 Å². The molecule has 0 fully saturated rings. The molecule has 6 nitrogen and oxygen atoms in total. The minimum Gasteiger partial charge on any atom is -0.383 e. The summed E-state index contributed by atoms with van der Waals surface area (Å²) in [5.41, 5.74) is 0.756. The molecule has 114 valence electrons. The van der Waals surface area contributed by atoms with Crippen molar-refractivity contribution in [3.8, 4) is 0 Å². The van der Waals surface area contributed by atoms with Crippen LogP contribution in [-0.2, 0) is 11.3 Å². The number of nitrogens with one attached hydrogen (secondary N) is 1. The number of hydrogen-bond donors (Lipinski definition) is 1. The van der Waals surface area contributed by atoms with E-state index < -0.39 is 0 Å². The van der Waals surface area contributed by atoms with Gasteiger partial charge in [0.1, 0.15) is 0 Å². The van der Waals surface area contributed by atoms with Crippen LogP contribution in [0.1, 0.15) is 19.8 Å². The van der Waals surface area contributed by atoms with Crippen molar-refractivity contribution in [2.24, 2.45) is 0 Å². The molecule has 0 radical (unpaired) electrons. The van der Waals surface area contributed by atoms with Crippen LogP contribution < -0.4 is 15.8 Å². The Bertz CT molecular complexity index is 433. The van der Waals surface area contributed by atoms with Gasteiger partial charge in [0.2, 0.25) is 0 Å². The average molecular weight is 282 g/mol. The third kappa shape index (κ3) is 5.71. The van der Waals surface area contributed by atoms with E-state index >= 15 is 0 Å². The summed E-state index contributed by atoms with van der Waals surface area (Å²) in [5.74, 6) is 0. The van der Waals surface area contributed by atoms with Crippen LogP contribution in [0.25, 0.3) is 0 Å². The van der Waals surface area contributed by atoms with Crippen LogP contribution in [0.3, 0.4) is 0 Å². The van der Waals surface area contributed by atoms with Crippen LogP contribution in [0.2, 0.25) is 0 Å². The van der Waals surface area contributed by atoms with Crippen molar-refractivity contribution in [2.45, 2.75) is 26.3 Å². The van der Waals surface area contributed by atoms with Crippen molar-refractivity contribution in [1.29, 1.82) is 0 Å². The van der Waals surface area contributed by atoms with Gasteiger partial charge in [-0.2, -0.15) is 5.10 Å². The molecule has 0 aliphatic heterocycles. The zero-order chi connectivity index (χ0) is 14.8. The largest absolute Gasteiger partial charge is 0.383 e. The first-order valence-corrected chi connectivity index (χ1v) is 7.17. The van der Waals surface area contributed by atoms with Gasteiger partial charge in [-0.05, 0) is 13.0 Å². The van der Waals surface area contributed by atoms with Crippen LogP contribution >= 0.6 is 0 Å². The second-order valence-corrected chi connectivity index (χ2v) is 4.79. The van der Waals surface area contributed by atoms with Crippen molar-refractivity contribution < 1.29 is 4.74 Å². The number of likely N-dealkylation sites (N-methyl/N-ethyl adjacent to an activating group) is 1. The SMILES string of the molecule is CCCCNCCn1ncc(N(C)CCOC)cc1=O. The lowest BCUT2D eigenvalue weighted by Crippen LogP contribution is -2.30. The number of methoxy groups -OCH3 is 1. The Kier molecular flexibility index (Phi) is 7.91. The molecule has 0 saturated carbocycles. The van der Waals surface area contributed by atoms with Crippen molar-refractivity contribution in [3.05, 3.63) is 22.6 Å². The quantitative estimate of drug-likeness (QED) is 0.641. The molecule has 0 saturated heterocycles. The van der Waals surface area contributed by atoms with E-state index in [2.05, 4.69) is 17.3 Å². The maximum Gasteiger partial charge on any atom is 0.268 e. The Labute approximate surface area is 120 Å². The van der Waals surface area contributed by atoms with E-state index in [0.717, 1.165) is 31.7 Å². The van der Waals surface area contributed by atoms with Crippen molar-refractivity contribution in [3.63, 3.8) is 0 Å². The molecule has 0 unspecified atom stereocenters. The fourth-order valence-corrected chi connectivity index (χ4v) is 1.77. The summed E-state index contributed by atoms with van der Waals surface area (Å²) in [6.45, 7) is 5.88. The number of nitrogens with zero attached hydrogens (tertiary/aromatic N) is 3. The van der Waals surface area contributed by atoms with E-state index in [1.807, 2.05) is 11.9 Å². The Morgan fingerprint density at radius 3 is 2.90 bits per heavy atom. The molecular formula is C14H26N4O2. The third-order valence-corrected chi connectivity index (χ3v) is 3.13. The summed E-state index contributed by atoms with van der Waals surface area (Å²) in [5, 5.41) is 7.51. The number of rotatable bonds is 10. The molecule has 0 atom stereocenters. The zero-order valence-corrected chi connectivity index (χ0v) is 12.8. The molecule has 1 N–H and O–H groups in total. The highest BCUT2D eigenvalue weighted by molar-refractivity contribution is 5.41. The van der Waals surface area contributed by atoms with Gasteiger partial charge in [0.25, 0.3) is 5.56 Å². The first kappa shape index (κ1) is 16.7. The molecule has 0 spiro atoms. The molecule has 0 aromatic carbocycles. The van der Waals surface area contributed by atoms with E-state index in [9.17, 15) is 4.79 Å². The van der Waals surface area contributed by atoms with Gasteiger partial charge in [-0.15, -0.1) is 0 Å². The van der Waals surface area contributed by atoms with Crippen molar-refractivity contribution in [2.75, 3.05) is 45.3 Å². The monoisotopic (exact) mass is 282 g/mol. The summed E-state index contributed by atoms with van der Waals surface area (Å²) in [7, 11) is 3.59. The van der Waals surface area contributed by atoms with E-state index in [1.54, 1.807) is 19.4 Å². The molecule has 0 bridgehead atoms. The second-order valence-electron chi connectivity index (χ2n) is 4.79. The number of aromatic nitrogens is 2. The van der Waals surface area contributed by atoms with Gasteiger partial charge >= 0.3 is 0 Å². The standard InChI is InChI=1S/C14H26N4O2/c1-4-5-6-15-7-8-18-14(19)11-13(12-16-18)17(2)9-10-20-3/h11-12,15H,4-10H2,1-3H3. The lowest BCUT2D eigenvalue weighted by atomic mass is 10.3. The summed E-state index contributed by atoms with van der Waals surface area (Å²) < 4.78 is 6.51. The predicted molar refractivity (Wildman–Crippen MR) is 81.4 cm³/mol. The summed E-state index contributed by atoms with van der Waals surface area (Å²) in [4.78, 5) is 13.9. The highest BCUT2D eigenvalue weighted by atomic mass is 16.5. The van der Waals surface area contributed by atoms with Crippen molar-refractivity contribution in [1.82, 2.24) is 15.1 Å². The van der Waals surface area contributed by atoms with E-state index in [-0.39, 0.29) is 5.56 Å². The van der Waals surface area contributed by atoms with Gasteiger partial charge in [-0.3, -0.25) is 4.79 Å². The maximum absolute atomic E-state index is 12.0. The second kappa shape index (κ2) is 9.50. The van der Waals surface area contributed by atoms with Crippen LogP contribution in [-0.4, -0.2) is 50.2 Å². The van der Waals surface area contributed by atoms with Crippen molar-refractivity contribution >= 4 is 5.69 Å². The van der Waals surface area contributed by atoms with Crippen LogP contribution in [0.15, 0.2) is 17.1 Å². The molecule has 20 heavy (non-hydrogen) atoms. The lowest BCUT2D eigenvalue weighted by Gasteiger charge is -2.18. The highest BCUT2D eigenvalue weighted by Crippen LogP contribution is 2.05. The van der Waals surface area contributed by atoms with Crippen LogP contribution in [0, 0.1) is 0 Å². The fourth-order valence-electron chi connectivity index (χ4n) is 1.77. The first-order chi connectivity index (χ1) is 9.69. The molecular weight excluding hydrogens is 256 g/mol. The fraction of sp³-hybridized carbons (Fsp3) is 0.714. The van der Waals surface area contributed by atoms with E-state index in [0.29, 0.717) is 13.2 Å². The Hall–Kier alpha value is -1.40. The van der Waals surface area contributed by atoms with E-state index in [1.165, 1.54) is 11.1 Å². The third-order valence-electron chi connectivity index (χ3n) is 3.13. The van der Waals surface area contributed by atoms with Crippen LogP contribution in [0.4, 0.5) is 5.69 Å². The maximum atomic E-state index is 12.0.